The predicted molar refractivity (Wildman–Crippen MR) is 117 cm³/mol. The summed E-state index contributed by atoms with van der Waals surface area (Å²) in [6.07, 6.45) is -0.209. The summed E-state index contributed by atoms with van der Waals surface area (Å²) >= 11 is 2.78. The quantitative estimate of drug-likeness (QED) is 0.412. The van der Waals surface area contributed by atoms with Gasteiger partial charge in [-0.25, -0.2) is 9.78 Å². The van der Waals surface area contributed by atoms with Crippen molar-refractivity contribution < 1.29 is 23.9 Å². The molecule has 0 saturated carbocycles. The lowest BCUT2D eigenvalue weighted by Gasteiger charge is -2.09. The van der Waals surface area contributed by atoms with Crippen LogP contribution in [0.3, 0.4) is 0 Å². The molecule has 0 spiro atoms. The van der Waals surface area contributed by atoms with Crippen LogP contribution >= 0.6 is 23.1 Å². The Morgan fingerprint density at radius 1 is 1.10 bits per heavy atom. The maximum absolute atomic E-state index is 12.0. The molecule has 0 aliphatic rings. The first-order valence-electron chi connectivity index (χ1n) is 9.15. The Morgan fingerprint density at radius 3 is 2.53 bits per heavy atom. The van der Waals surface area contributed by atoms with Crippen molar-refractivity contribution in [3.8, 4) is 0 Å². The summed E-state index contributed by atoms with van der Waals surface area (Å²) in [7, 11) is 0. The summed E-state index contributed by atoms with van der Waals surface area (Å²) in [4.78, 5) is 40.1. The van der Waals surface area contributed by atoms with Gasteiger partial charge in [0.05, 0.1) is 27.6 Å². The Balaban J connectivity index is 1.41. The number of esters is 2. The van der Waals surface area contributed by atoms with Gasteiger partial charge in [-0.3, -0.25) is 9.59 Å². The number of carbonyl (C=O) groups excluding carboxylic acids is 3. The molecule has 0 saturated heterocycles. The van der Waals surface area contributed by atoms with Gasteiger partial charge >= 0.3 is 11.9 Å². The van der Waals surface area contributed by atoms with Gasteiger partial charge in [0.25, 0.3) is 5.91 Å². The Bertz CT molecular complexity index is 1010. The number of anilines is 1. The third-order valence-corrected chi connectivity index (χ3v) is 5.85. The largest absolute Gasteiger partial charge is 0.459 e. The second kappa shape index (κ2) is 10.2. The van der Waals surface area contributed by atoms with E-state index in [2.05, 4.69) is 10.3 Å². The fraction of sp³-hybridized carbons (Fsp3) is 0.238. The molecule has 1 heterocycles. The van der Waals surface area contributed by atoms with E-state index in [-0.39, 0.29) is 11.9 Å². The third-order valence-electron chi connectivity index (χ3n) is 3.70. The van der Waals surface area contributed by atoms with Crippen molar-refractivity contribution in [1.29, 1.82) is 0 Å². The Labute approximate surface area is 181 Å². The zero-order valence-electron chi connectivity index (χ0n) is 16.4. The molecule has 9 heteroatoms. The fourth-order valence-electron chi connectivity index (χ4n) is 2.39. The number of fused-ring (bicyclic) bond motifs is 1. The van der Waals surface area contributed by atoms with Gasteiger partial charge in [-0.1, -0.05) is 23.9 Å². The first-order valence-corrected chi connectivity index (χ1v) is 11.0. The van der Waals surface area contributed by atoms with E-state index in [0.717, 1.165) is 14.6 Å². The number of para-hydroxylation sites is 1. The van der Waals surface area contributed by atoms with Crippen LogP contribution in [-0.2, 0) is 19.1 Å². The molecular weight excluding hydrogens is 424 g/mol. The van der Waals surface area contributed by atoms with Crippen molar-refractivity contribution in [2.24, 2.45) is 0 Å². The highest BCUT2D eigenvalue weighted by molar-refractivity contribution is 8.01. The summed E-state index contributed by atoms with van der Waals surface area (Å²) in [5.74, 6) is -1.32. The van der Waals surface area contributed by atoms with Crippen molar-refractivity contribution in [3.63, 3.8) is 0 Å². The van der Waals surface area contributed by atoms with Gasteiger partial charge in [0.15, 0.2) is 10.9 Å². The van der Waals surface area contributed by atoms with Gasteiger partial charge in [-0.05, 0) is 50.2 Å². The minimum absolute atomic E-state index is 0.0692. The number of carbonyl (C=O) groups is 3. The minimum atomic E-state index is -0.499. The molecular formula is C21H20N2O5S2. The number of hydrogen-bond acceptors (Lipinski definition) is 8. The lowest BCUT2D eigenvalue weighted by molar-refractivity contribution is -0.144. The molecule has 0 aliphatic heterocycles. The van der Waals surface area contributed by atoms with E-state index >= 15 is 0 Å². The standard InChI is InChI=1S/C21H20N2O5S2/c1-13(2)28-20(26)14-7-9-15(10-8-14)22-18(24)11-27-19(25)12-29-21-23-16-5-3-4-6-17(16)30-21/h3-10,13H,11-12H2,1-2H3,(H,22,24). The van der Waals surface area contributed by atoms with Crippen LogP contribution in [-0.4, -0.2) is 41.3 Å². The molecule has 0 fully saturated rings. The minimum Gasteiger partial charge on any atom is -0.459 e. The van der Waals surface area contributed by atoms with Crippen molar-refractivity contribution >= 4 is 56.8 Å². The maximum atomic E-state index is 12.0. The Hall–Kier alpha value is -2.91. The van der Waals surface area contributed by atoms with Crippen LogP contribution in [0.4, 0.5) is 5.69 Å². The number of benzene rings is 2. The van der Waals surface area contributed by atoms with Gasteiger partial charge in [0.2, 0.25) is 0 Å². The molecule has 1 amide bonds. The zero-order chi connectivity index (χ0) is 21.5. The topological polar surface area (TPSA) is 94.6 Å². The molecule has 0 aliphatic carbocycles. The number of nitrogens with zero attached hydrogens (tertiary/aromatic N) is 1. The van der Waals surface area contributed by atoms with Gasteiger partial charge in [-0.15, -0.1) is 11.3 Å². The van der Waals surface area contributed by atoms with Crippen LogP contribution in [0.5, 0.6) is 0 Å². The number of rotatable bonds is 8. The van der Waals surface area contributed by atoms with Crippen molar-refractivity contribution in [2.45, 2.75) is 24.3 Å². The molecule has 2 aromatic carbocycles. The second-order valence-electron chi connectivity index (χ2n) is 6.48. The third kappa shape index (κ3) is 6.30. The fourth-order valence-corrected chi connectivity index (χ4v) is 4.26. The van der Waals surface area contributed by atoms with E-state index in [4.69, 9.17) is 9.47 Å². The molecule has 0 unspecified atom stereocenters. The highest BCUT2D eigenvalue weighted by atomic mass is 32.2. The first kappa shape index (κ1) is 21.8. The number of thioether (sulfide) groups is 1. The Morgan fingerprint density at radius 2 is 1.83 bits per heavy atom. The summed E-state index contributed by atoms with van der Waals surface area (Å²) in [5, 5.41) is 2.61. The molecule has 0 bridgehead atoms. The number of thiazole rings is 1. The lowest BCUT2D eigenvalue weighted by Crippen LogP contribution is -2.21. The van der Waals surface area contributed by atoms with E-state index < -0.39 is 24.5 Å². The summed E-state index contributed by atoms with van der Waals surface area (Å²) in [6.45, 7) is 3.15. The molecule has 3 aromatic rings. The number of nitrogens with one attached hydrogen (secondary N) is 1. The number of hydrogen-bond donors (Lipinski definition) is 1. The average Bonchev–Trinajstić information content (AvgIpc) is 3.14. The number of amides is 1. The van der Waals surface area contributed by atoms with Crippen molar-refractivity contribution in [1.82, 2.24) is 4.98 Å². The maximum Gasteiger partial charge on any atom is 0.338 e. The van der Waals surface area contributed by atoms with Crippen LogP contribution in [0.2, 0.25) is 0 Å². The highest BCUT2D eigenvalue weighted by Crippen LogP contribution is 2.29. The summed E-state index contributed by atoms with van der Waals surface area (Å²) in [6, 6.07) is 14.0. The molecule has 1 aromatic heterocycles. The highest BCUT2D eigenvalue weighted by Gasteiger charge is 2.12. The zero-order valence-corrected chi connectivity index (χ0v) is 18.0. The normalized spacial score (nSPS) is 10.8. The van der Waals surface area contributed by atoms with E-state index in [1.54, 1.807) is 38.1 Å². The molecule has 0 atom stereocenters. The second-order valence-corrected chi connectivity index (χ2v) is 8.73. The van der Waals surface area contributed by atoms with Crippen molar-refractivity contribution in [3.05, 3.63) is 54.1 Å². The molecule has 156 valence electrons. The van der Waals surface area contributed by atoms with Crippen molar-refractivity contribution in [2.75, 3.05) is 17.7 Å². The van der Waals surface area contributed by atoms with Gasteiger partial charge < -0.3 is 14.8 Å². The number of aromatic nitrogens is 1. The van der Waals surface area contributed by atoms with E-state index in [9.17, 15) is 14.4 Å². The molecule has 7 nitrogen and oxygen atoms in total. The molecule has 1 N–H and O–H groups in total. The number of ether oxygens (including phenoxy) is 2. The molecule has 30 heavy (non-hydrogen) atoms. The molecule has 3 rings (SSSR count). The summed E-state index contributed by atoms with van der Waals surface area (Å²) in [5.41, 5.74) is 1.77. The van der Waals surface area contributed by atoms with Gasteiger partial charge in [0, 0.05) is 5.69 Å². The van der Waals surface area contributed by atoms with Crippen LogP contribution < -0.4 is 5.32 Å². The van der Waals surface area contributed by atoms with E-state index in [1.165, 1.54) is 23.1 Å². The Kier molecular flexibility index (Phi) is 7.42. The first-order chi connectivity index (χ1) is 14.4. The average molecular weight is 445 g/mol. The van der Waals surface area contributed by atoms with E-state index in [1.807, 2.05) is 24.3 Å². The summed E-state index contributed by atoms with van der Waals surface area (Å²) < 4.78 is 11.9. The van der Waals surface area contributed by atoms with Crippen LogP contribution in [0.25, 0.3) is 10.2 Å². The monoisotopic (exact) mass is 444 g/mol. The predicted octanol–water partition coefficient (Wildman–Crippen LogP) is 4.14. The lowest BCUT2D eigenvalue weighted by atomic mass is 10.2. The van der Waals surface area contributed by atoms with Gasteiger partial charge in [-0.2, -0.15) is 0 Å². The molecule has 0 radical (unpaired) electrons. The SMILES string of the molecule is CC(C)OC(=O)c1ccc(NC(=O)COC(=O)CSc2nc3ccccc3s2)cc1. The van der Waals surface area contributed by atoms with Crippen LogP contribution in [0.15, 0.2) is 52.9 Å². The van der Waals surface area contributed by atoms with Gasteiger partial charge in [0.1, 0.15) is 0 Å². The van der Waals surface area contributed by atoms with Crippen LogP contribution in [0.1, 0.15) is 24.2 Å². The smallest absolute Gasteiger partial charge is 0.338 e. The van der Waals surface area contributed by atoms with E-state index in [0.29, 0.717) is 11.3 Å². The van der Waals surface area contributed by atoms with Crippen LogP contribution in [0, 0.1) is 0 Å².